The number of thiazole rings is 1. The fraction of sp³-hybridized carbons (Fsp3) is 0.500. The Hall–Kier alpha value is -1.19. The van der Waals surface area contributed by atoms with Crippen LogP contribution in [-0.4, -0.2) is 11.5 Å². The molecular formula is C18H24N2S. The van der Waals surface area contributed by atoms with Gasteiger partial charge in [0.25, 0.3) is 0 Å². The molecule has 2 nitrogen and oxygen atoms in total. The van der Waals surface area contributed by atoms with Crippen molar-refractivity contribution in [3.05, 3.63) is 52.5 Å². The van der Waals surface area contributed by atoms with Crippen LogP contribution in [0.5, 0.6) is 0 Å². The number of rotatable bonds is 5. The molecule has 112 valence electrons. The molecule has 3 heteroatoms. The fourth-order valence-electron chi connectivity index (χ4n) is 3.46. The van der Waals surface area contributed by atoms with Gasteiger partial charge in [-0.2, -0.15) is 0 Å². The van der Waals surface area contributed by atoms with Crippen molar-refractivity contribution in [3.8, 4) is 0 Å². The van der Waals surface area contributed by atoms with E-state index in [0.29, 0.717) is 5.92 Å². The van der Waals surface area contributed by atoms with E-state index >= 15 is 0 Å². The Morgan fingerprint density at radius 3 is 2.62 bits per heavy atom. The van der Waals surface area contributed by atoms with Gasteiger partial charge in [0.2, 0.25) is 0 Å². The normalized spacial score (nSPS) is 25.9. The Morgan fingerprint density at radius 2 is 2.00 bits per heavy atom. The maximum atomic E-state index is 4.62. The third-order valence-electron chi connectivity index (χ3n) is 4.67. The average Bonchev–Trinajstić information content (AvgIpc) is 3.09. The molecule has 21 heavy (non-hydrogen) atoms. The predicted molar refractivity (Wildman–Crippen MR) is 89.7 cm³/mol. The largest absolute Gasteiger partial charge is 0.305 e. The standard InChI is InChI=1S/C18H24N2S/c1-2-12-20-18(17-19-13-14-21-17)10-8-16(9-11-18)15-6-4-3-5-7-15/h3-7,13-14,16,20H,2,8-12H2,1H3. The Morgan fingerprint density at radius 1 is 1.24 bits per heavy atom. The van der Waals surface area contributed by atoms with Crippen molar-refractivity contribution in [1.82, 2.24) is 10.3 Å². The summed E-state index contributed by atoms with van der Waals surface area (Å²) in [7, 11) is 0. The molecule has 0 aliphatic heterocycles. The molecular weight excluding hydrogens is 276 g/mol. The lowest BCUT2D eigenvalue weighted by atomic mass is 9.74. The molecule has 0 radical (unpaired) electrons. The topological polar surface area (TPSA) is 24.9 Å². The van der Waals surface area contributed by atoms with Gasteiger partial charge in [0, 0.05) is 11.6 Å². The summed E-state index contributed by atoms with van der Waals surface area (Å²) in [6.07, 6.45) is 8.01. The molecule has 0 saturated heterocycles. The number of aromatic nitrogens is 1. The zero-order chi connectivity index (χ0) is 14.5. The minimum atomic E-state index is 0.120. The van der Waals surface area contributed by atoms with Gasteiger partial charge in [-0.15, -0.1) is 11.3 Å². The Balaban J connectivity index is 1.74. The second kappa shape index (κ2) is 6.71. The van der Waals surface area contributed by atoms with E-state index in [9.17, 15) is 0 Å². The van der Waals surface area contributed by atoms with Crippen LogP contribution in [0, 0.1) is 0 Å². The molecule has 3 rings (SSSR count). The number of nitrogens with zero attached hydrogens (tertiary/aromatic N) is 1. The Labute approximate surface area is 131 Å². The number of nitrogens with one attached hydrogen (secondary N) is 1. The molecule has 1 heterocycles. The van der Waals surface area contributed by atoms with Crippen molar-refractivity contribution in [2.75, 3.05) is 6.54 Å². The summed E-state index contributed by atoms with van der Waals surface area (Å²) in [5.41, 5.74) is 1.62. The molecule has 1 N–H and O–H groups in total. The van der Waals surface area contributed by atoms with E-state index in [0.717, 1.165) is 6.54 Å². The second-order valence-corrected chi connectivity index (χ2v) is 6.93. The molecule has 0 bridgehead atoms. The summed E-state index contributed by atoms with van der Waals surface area (Å²) < 4.78 is 0. The van der Waals surface area contributed by atoms with E-state index in [2.05, 4.69) is 52.9 Å². The number of hydrogen-bond acceptors (Lipinski definition) is 3. The first kappa shape index (κ1) is 14.7. The molecule has 0 atom stereocenters. The summed E-state index contributed by atoms with van der Waals surface area (Å²) in [4.78, 5) is 4.62. The monoisotopic (exact) mass is 300 g/mol. The lowest BCUT2D eigenvalue weighted by molar-refractivity contribution is 0.216. The van der Waals surface area contributed by atoms with E-state index in [4.69, 9.17) is 0 Å². The molecule has 2 aromatic rings. The van der Waals surface area contributed by atoms with Gasteiger partial charge < -0.3 is 5.32 Å². The van der Waals surface area contributed by atoms with Crippen LogP contribution < -0.4 is 5.32 Å². The molecule has 1 aromatic carbocycles. The molecule has 1 aliphatic rings. The van der Waals surface area contributed by atoms with Crippen LogP contribution in [0.25, 0.3) is 0 Å². The summed E-state index contributed by atoms with van der Waals surface area (Å²) in [6.45, 7) is 3.31. The van der Waals surface area contributed by atoms with E-state index in [-0.39, 0.29) is 5.54 Å². The van der Waals surface area contributed by atoms with Crippen molar-refractivity contribution in [3.63, 3.8) is 0 Å². The first-order valence-electron chi connectivity index (χ1n) is 8.04. The Bertz CT molecular complexity index is 528. The van der Waals surface area contributed by atoms with E-state index in [1.807, 2.05) is 6.20 Å². The number of benzene rings is 1. The lowest BCUT2D eigenvalue weighted by Gasteiger charge is -2.40. The van der Waals surface area contributed by atoms with Gasteiger partial charge >= 0.3 is 0 Å². The van der Waals surface area contributed by atoms with Gasteiger partial charge in [-0.25, -0.2) is 4.98 Å². The smallest absolute Gasteiger partial charge is 0.113 e. The van der Waals surface area contributed by atoms with Gasteiger partial charge in [0.1, 0.15) is 5.01 Å². The number of hydrogen-bond donors (Lipinski definition) is 1. The highest BCUT2D eigenvalue weighted by Gasteiger charge is 2.38. The fourth-order valence-corrected chi connectivity index (χ4v) is 4.33. The SMILES string of the molecule is CCCNC1(c2nccs2)CCC(c2ccccc2)CC1. The van der Waals surface area contributed by atoms with E-state index in [1.165, 1.54) is 42.7 Å². The Kier molecular flexibility index (Phi) is 4.71. The highest BCUT2D eigenvalue weighted by Crippen LogP contribution is 2.43. The van der Waals surface area contributed by atoms with Crippen LogP contribution in [0.2, 0.25) is 0 Å². The summed E-state index contributed by atoms with van der Waals surface area (Å²) in [5, 5.41) is 7.19. The third-order valence-corrected chi connectivity index (χ3v) is 5.64. The van der Waals surface area contributed by atoms with Gasteiger partial charge in [-0.05, 0) is 50.1 Å². The molecule has 1 fully saturated rings. The maximum absolute atomic E-state index is 4.62. The van der Waals surface area contributed by atoms with E-state index in [1.54, 1.807) is 11.3 Å². The van der Waals surface area contributed by atoms with Crippen molar-refractivity contribution < 1.29 is 0 Å². The molecule has 1 aromatic heterocycles. The molecule has 1 aliphatic carbocycles. The summed E-state index contributed by atoms with van der Waals surface area (Å²) in [6, 6.07) is 11.0. The van der Waals surface area contributed by atoms with Crippen molar-refractivity contribution in [2.24, 2.45) is 0 Å². The van der Waals surface area contributed by atoms with Crippen LogP contribution in [0.15, 0.2) is 41.9 Å². The molecule has 0 spiro atoms. The van der Waals surface area contributed by atoms with Crippen LogP contribution in [0.3, 0.4) is 0 Å². The van der Waals surface area contributed by atoms with Crippen LogP contribution >= 0.6 is 11.3 Å². The summed E-state index contributed by atoms with van der Waals surface area (Å²) in [5.74, 6) is 0.711. The molecule has 1 saturated carbocycles. The highest BCUT2D eigenvalue weighted by atomic mass is 32.1. The van der Waals surface area contributed by atoms with E-state index < -0.39 is 0 Å². The van der Waals surface area contributed by atoms with Crippen LogP contribution in [0.1, 0.15) is 55.5 Å². The molecule has 0 amide bonds. The minimum Gasteiger partial charge on any atom is -0.305 e. The van der Waals surface area contributed by atoms with Gasteiger partial charge in [-0.3, -0.25) is 0 Å². The third kappa shape index (κ3) is 3.19. The first-order valence-corrected chi connectivity index (χ1v) is 8.92. The zero-order valence-electron chi connectivity index (χ0n) is 12.7. The minimum absolute atomic E-state index is 0.120. The highest BCUT2D eigenvalue weighted by molar-refractivity contribution is 7.09. The average molecular weight is 300 g/mol. The van der Waals surface area contributed by atoms with Crippen LogP contribution in [0.4, 0.5) is 0 Å². The summed E-state index contributed by atoms with van der Waals surface area (Å²) >= 11 is 1.80. The van der Waals surface area contributed by atoms with Crippen molar-refractivity contribution in [1.29, 1.82) is 0 Å². The second-order valence-electron chi connectivity index (χ2n) is 6.03. The maximum Gasteiger partial charge on any atom is 0.113 e. The van der Waals surface area contributed by atoms with Crippen molar-refractivity contribution >= 4 is 11.3 Å². The lowest BCUT2D eigenvalue weighted by Crippen LogP contribution is -2.45. The molecule has 0 unspecified atom stereocenters. The first-order chi connectivity index (χ1) is 10.3. The van der Waals surface area contributed by atoms with Gasteiger partial charge in [0.15, 0.2) is 0 Å². The zero-order valence-corrected chi connectivity index (χ0v) is 13.5. The van der Waals surface area contributed by atoms with Gasteiger partial charge in [-0.1, -0.05) is 37.3 Å². The van der Waals surface area contributed by atoms with Crippen molar-refractivity contribution in [2.45, 2.75) is 50.5 Å². The quantitative estimate of drug-likeness (QED) is 0.866. The van der Waals surface area contributed by atoms with Crippen LogP contribution in [-0.2, 0) is 5.54 Å². The predicted octanol–water partition coefficient (Wildman–Crippen LogP) is 4.70. The van der Waals surface area contributed by atoms with Gasteiger partial charge in [0.05, 0.1) is 5.54 Å².